The lowest BCUT2D eigenvalue weighted by atomic mass is 9.87. The molecular formula is C12H20N4O. The molecule has 0 aromatic carbocycles. The van der Waals surface area contributed by atoms with E-state index in [-0.39, 0.29) is 11.3 Å². The summed E-state index contributed by atoms with van der Waals surface area (Å²) in [4.78, 5) is 11.8. The zero-order chi connectivity index (χ0) is 12.7. The van der Waals surface area contributed by atoms with Gasteiger partial charge in [0.25, 0.3) is 5.91 Å². The molecular weight excluding hydrogens is 216 g/mol. The van der Waals surface area contributed by atoms with Crippen LogP contribution in [0.1, 0.15) is 37.0 Å². The number of nitrogens with one attached hydrogen (secondary N) is 1. The van der Waals surface area contributed by atoms with Crippen LogP contribution in [-0.2, 0) is 0 Å². The molecule has 0 radical (unpaired) electrons. The molecule has 1 aromatic heterocycles. The summed E-state index contributed by atoms with van der Waals surface area (Å²) >= 11 is 0. The Morgan fingerprint density at radius 1 is 1.47 bits per heavy atom. The Hall–Kier alpha value is -1.49. The average molecular weight is 236 g/mol. The summed E-state index contributed by atoms with van der Waals surface area (Å²) in [5, 5.41) is 10.2. The van der Waals surface area contributed by atoms with Crippen molar-refractivity contribution in [3.05, 3.63) is 24.0 Å². The number of nitrogens with two attached hydrogens (primary N) is 1. The Labute approximate surface area is 102 Å². The summed E-state index contributed by atoms with van der Waals surface area (Å²) in [6, 6.07) is 1.65. The van der Waals surface area contributed by atoms with Crippen LogP contribution in [0.2, 0.25) is 0 Å². The lowest BCUT2D eigenvalue weighted by molar-refractivity contribution is 0.0934. The van der Waals surface area contributed by atoms with Crippen molar-refractivity contribution in [2.75, 3.05) is 13.1 Å². The number of hydrogen-bond donors (Lipinski definition) is 2. The molecule has 0 aliphatic rings. The number of carbonyl (C=O) groups excluding carboxylic acids is 1. The van der Waals surface area contributed by atoms with E-state index >= 15 is 0 Å². The summed E-state index contributed by atoms with van der Waals surface area (Å²) in [5.41, 5.74) is 6.08. The van der Waals surface area contributed by atoms with Crippen molar-refractivity contribution in [1.29, 1.82) is 0 Å². The van der Waals surface area contributed by atoms with Crippen molar-refractivity contribution in [3.63, 3.8) is 0 Å². The van der Waals surface area contributed by atoms with Gasteiger partial charge >= 0.3 is 0 Å². The molecule has 1 aromatic rings. The first kappa shape index (κ1) is 13.6. The van der Waals surface area contributed by atoms with Gasteiger partial charge in [-0.1, -0.05) is 13.8 Å². The van der Waals surface area contributed by atoms with E-state index in [1.54, 1.807) is 6.07 Å². The molecule has 17 heavy (non-hydrogen) atoms. The molecule has 5 nitrogen and oxygen atoms in total. The summed E-state index contributed by atoms with van der Waals surface area (Å²) in [6.07, 6.45) is 4.94. The molecule has 0 bridgehead atoms. The molecule has 1 amide bonds. The minimum atomic E-state index is -0.110. The highest BCUT2D eigenvalue weighted by Gasteiger charge is 2.18. The zero-order valence-electron chi connectivity index (χ0n) is 10.4. The molecule has 0 atom stereocenters. The molecule has 94 valence electrons. The number of rotatable bonds is 6. The third-order valence-electron chi connectivity index (χ3n) is 2.63. The number of carbonyl (C=O) groups is 1. The second-order valence-corrected chi connectivity index (χ2v) is 4.87. The highest BCUT2D eigenvalue weighted by Crippen LogP contribution is 2.20. The minimum Gasteiger partial charge on any atom is -0.351 e. The van der Waals surface area contributed by atoms with Crippen LogP contribution in [-0.4, -0.2) is 29.2 Å². The van der Waals surface area contributed by atoms with Gasteiger partial charge in [0.2, 0.25) is 0 Å². The maximum absolute atomic E-state index is 11.8. The SMILES string of the molecule is CC(C)(CCCN)CNC(=O)c1ccnnc1. The van der Waals surface area contributed by atoms with Crippen LogP contribution in [0, 0.1) is 5.41 Å². The van der Waals surface area contributed by atoms with Crippen molar-refractivity contribution >= 4 is 5.91 Å². The van der Waals surface area contributed by atoms with Gasteiger partial charge in [0.1, 0.15) is 0 Å². The third-order valence-corrected chi connectivity index (χ3v) is 2.63. The first-order chi connectivity index (χ1) is 8.05. The van der Waals surface area contributed by atoms with Gasteiger partial charge in [-0.3, -0.25) is 4.79 Å². The van der Waals surface area contributed by atoms with Crippen LogP contribution in [0.25, 0.3) is 0 Å². The molecule has 1 rings (SSSR count). The fraction of sp³-hybridized carbons (Fsp3) is 0.583. The number of nitrogens with zero attached hydrogens (tertiary/aromatic N) is 2. The Morgan fingerprint density at radius 3 is 2.82 bits per heavy atom. The summed E-state index contributed by atoms with van der Waals surface area (Å²) in [6.45, 7) is 5.56. The minimum absolute atomic E-state index is 0.0650. The smallest absolute Gasteiger partial charge is 0.252 e. The van der Waals surface area contributed by atoms with Crippen LogP contribution >= 0.6 is 0 Å². The number of aromatic nitrogens is 2. The van der Waals surface area contributed by atoms with Gasteiger partial charge in [-0.2, -0.15) is 10.2 Å². The van der Waals surface area contributed by atoms with Crippen LogP contribution in [0.5, 0.6) is 0 Å². The summed E-state index contributed by atoms with van der Waals surface area (Å²) in [5.74, 6) is -0.110. The second-order valence-electron chi connectivity index (χ2n) is 4.87. The van der Waals surface area contributed by atoms with Crippen molar-refractivity contribution in [2.45, 2.75) is 26.7 Å². The molecule has 0 spiro atoms. The molecule has 0 saturated heterocycles. The molecule has 0 aliphatic carbocycles. The van der Waals surface area contributed by atoms with E-state index in [9.17, 15) is 4.79 Å². The van der Waals surface area contributed by atoms with E-state index < -0.39 is 0 Å². The molecule has 5 heteroatoms. The third kappa shape index (κ3) is 4.91. The Bertz CT molecular complexity index is 351. The molecule has 0 unspecified atom stereocenters. The number of hydrogen-bond acceptors (Lipinski definition) is 4. The molecule has 1 heterocycles. The Morgan fingerprint density at radius 2 is 2.24 bits per heavy atom. The Kier molecular flexibility index (Phi) is 5.03. The second kappa shape index (κ2) is 6.30. The van der Waals surface area contributed by atoms with E-state index in [0.717, 1.165) is 12.8 Å². The average Bonchev–Trinajstić information content (AvgIpc) is 2.35. The highest BCUT2D eigenvalue weighted by molar-refractivity contribution is 5.93. The van der Waals surface area contributed by atoms with Gasteiger partial charge in [0.05, 0.1) is 18.0 Å². The van der Waals surface area contributed by atoms with E-state index in [1.807, 2.05) is 0 Å². The summed E-state index contributed by atoms with van der Waals surface area (Å²) in [7, 11) is 0. The van der Waals surface area contributed by atoms with Crippen molar-refractivity contribution in [1.82, 2.24) is 15.5 Å². The van der Waals surface area contributed by atoms with Crippen LogP contribution in [0.15, 0.2) is 18.5 Å². The predicted molar refractivity (Wildman–Crippen MR) is 66.4 cm³/mol. The first-order valence-electron chi connectivity index (χ1n) is 5.80. The van der Waals surface area contributed by atoms with Gasteiger partial charge in [-0.05, 0) is 30.9 Å². The number of amides is 1. The standard InChI is InChI=1S/C12H20N4O/c1-12(2,5-3-6-13)9-14-11(17)10-4-7-15-16-8-10/h4,7-8H,3,5-6,9,13H2,1-2H3,(H,14,17). The molecule has 0 aliphatic heterocycles. The lowest BCUT2D eigenvalue weighted by Gasteiger charge is -2.24. The maximum atomic E-state index is 11.8. The lowest BCUT2D eigenvalue weighted by Crippen LogP contribution is -2.34. The summed E-state index contributed by atoms with van der Waals surface area (Å²) < 4.78 is 0. The van der Waals surface area contributed by atoms with E-state index in [2.05, 4.69) is 29.4 Å². The van der Waals surface area contributed by atoms with Crippen molar-refractivity contribution in [2.24, 2.45) is 11.1 Å². The van der Waals surface area contributed by atoms with E-state index in [1.165, 1.54) is 12.4 Å². The monoisotopic (exact) mass is 236 g/mol. The first-order valence-corrected chi connectivity index (χ1v) is 5.80. The van der Waals surface area contributed by atoms with E-state index in [4.69, 9.17) is 5.73 Å². The topological polar surface area (TPSA) is 80.9 Å². The van der Waals surface area contributed by atoms with E-state index in [0.29, 0.717) is 18.7 Å². The van der Waals surface area contributed by atoms with Gasteiger partial charge < -0.3 is 11.1 Å². The maximum Gasteiger partial charge on any atom is 0.252 e. The van der Waals surface area contributed by atoms with Gasteiger partial charge in [-0.25, -0.2) is 0 Å². The van der Waals surface area contributed by atoms with Crippen molar-refractivity contribution < 1.29 is 4.79 Å². The predicted octanol–water partition coefficient (Wildman–Crippen LogP) is 0.971. The molecule has 3 N–H and O–H groups in total. The van der Waals surface area contributed by atoms with Crippen molar-refractivity contribution in [3.8, 4) is 0 Å². The zero-order valence-corrected chi connectivity index (χ0v) is 10.4. The van der Waals surface area contributed by atoms with Gasteiger partial charge in [0, 0.05) is 6.54 Å². The Balaban J connectivity index is 2.43. The fourth-order valence-corrected chi connectivity index (χ4v) is 1.52. The van der Waals surface area contributed by atoms with Crippen LogP contribution in [0.4, 0.5) is 0 Å². The quantitative estimate of drug-likeness (QED) is 0.771. The largest absolute Gasteiger partial charge is 0.351 e. The van der Waals surface area contributed by atoms with Crippen LogP contribution in [0.3, 0.4) is 0 Å². The molecule has 0 fully saturated rings. The fourth-order valence-electron chi connectivity index (χ4n) is 1.52. The normalized spacial score (nSPS) is 11.2. The molecule has 0 saturated carbocycles. The van der Waals surface area contributed by atoms with Gasteiger partial charge in [-0.15, -0.1) is 0 Å². The highest BCUT2D eigenvalue weighted by atomic mass is 16.1. The van der Waals surface area contributed by atoms with Gasteiger partial charge in [0.15, 0.2) is 0 Å². The van der Waals surface area contributed by atoms with Crippen LogP contribution < -0.4 is 11.1 Å².